The first-order valence-electron chi connectivity index (χ1n) is 13.2. The van der Waals surface area contributed by atoms with Crippen LogP contribution in [0, 0.1) is 13.8 Å². The number of nitrogens with one attached hydrogen (secondary N) is 1. The molecule has 0 unspecified atom stereocenters. The van der Waals surface area contributed by atoms with Gasteiger partial charge in [-0.1, -0.05) is 52.7 Å². The molecule has 4 rings (SSSR count). The van der Waals surface area contributed by atoms with E-state index in [0.29, 0.717) is 12.1 Å². The molecule has 1 amide bonds. The third-order valence-electron chi connectivity index (χ3n) is 6.56. The van der Waals surface area contributed by atoms with E-state index < -0.39 is 0 Å². The summed E-state index contributed by atoms with van der Waals surface area (Å²) in [5.41, 5.74) is 5.35. The standard InChI is InChI=1S/C31H36BrN3O2/c1-23-16-17-24(2)29(21-23)37-20-9-8-19-35-28-14-6-5-13-27(28)34-30(35)15-4-3-7-18-33-31(36)25-11-10-12-26(32)22-25/h5-6,10-14,16-17,21-22H,3-4,7-9,15,18-20H2,1-2H3,(H,33,36). The fourth-order valence-electron chi connectivity index (χ4n) is 4.50. The minimum absolute atomic E-state index is 0.0235. The number of unbranched alkanes of at least 4 members (excludes halogenated alkanes) is 3. The number of halogens is 1. The van der Waals surface area contributed by atoms with Crippen LogP contribution in [0.4, 0.5) is 0 Å². The van der Waals surface area contributed by atoms with Crippen LogP contribution in [-0.2, 0) is 13.0 Å². The molecule has 0 fully saturated rings. The highest BCUT2D eigenvalue weighted by Gasteiger charge is 2.11. The molecular formula is C31H36BrN3O2. The molecule has 0 radical (unpaired) electrons. The van der Waals surface area contributed by atoms with Crippen LogP contribution in [0.1, 0.15) is 59.4 Å². The van der Waals surface area contributed by atoms with Crippen LogP contribution in [0.2, 0.25) is 0 Å². The van der Waals surface area contributed by atoms with E-state index in [1.54, 1.807) is 0 Å². The minimum atomic E-state index is -0.0235. The summed E-state index contributed by atoms with van der Waals surface area (Å²) in [6.07, 6.45) is 6.03. The molecule has 0 aliphatic rings. The van der Waals surface area contributed by atoms with E-state index in [9.17, 15) is 4.79 Å². The quantitative estimate of drug-likeness (QED) is 0.173. The van der Waals surface area contributed by atoms with Gasteiger partial charge in [0.05, 0.1) is 17.6 Å². The fourth-order valence-corrected chi connectivity index (χ4v) is 4.90. The molecule has 0 aliphatic heterocycles. The summed E-state index contributed by atoms with van der Waals surface area (Å²) in [7, 11) is 0. The second-order valence-corrected chi connectivity index (χ2v) is 10.5. The molecule has 0 atom stereocenters. The number of hydrogen-bond donors (Lipinski definition) is 1. The van der Waals surface area contributed by atoms with Gasteiger partial charge in [-0.15, -0.1) is 0 Å². The van der Waals surface area contributed by atoms with E-state index in [-0.39, 0.29) is 5.91 Å². The van der Waals surface area contributed by atoms with Crippen LogP contribution < -0.4 is 10.1 Å². The van der Waals surface area contributed by atoms with Crippen LogP contribution in [0.5, 0.6) is 5.75 Å². The summed E-state index contributed by atoms with van der Waals surface area (Å²) < 4.78 is 9.34. The van der Waals surface area contributed by atoms with Gasteiger partial charge in [0.25, 0.3) is 5.91 Å². The van der Waals surface area contributed by atoms with Crippen molar-refractivity contribution in [1.29, 1.82) is 0 Å². The number of rotatable bonds is 13. The van der Waals surface area contributed by atoms with Gasteiger partial charge in [0, 0.05) is 29.5 Å². The second-order valence-electron chi connectivity index (χ2n) is 9.57. The third kappa shape index (κ3) is 7.68. The molecule has 0 aliphatic carbocycles. The van der Waals surface area contributed by atoms with Crippen LogP contribution in [0.15, 0.2) is 71.2 Å². The third-order valence-corrected chi connectivity index (χ3v) is 7.05. The molecule has 6 heteroatoms. The van der Waals surface area contributed by atoms with Gasteiger partial charge < -0.3 is 14.6 Å². The molecular weight excluding hydrogens is 526 g/mol. The lowest BCUT2D eigenvalue weighted by molar-refractivity contribution is 0.0953. The van der Waals surface area contributed by atoms with Gasteiger partial charge in [-0.25, -0.2) is 4.98 Å². The van der Waals surface area contributed by atoms with Crippen LogP contribution in [0.3, 0.4) is 0 Å². The van der Waals surface area contributed by atoms with Crippen LogP contribution >= 0.6 is 15.9 Å². The lowest BCUT2D eigenvalue weighted by atomic mass is 10.1. The summed E-state index contributed by atoms with van der Waals surface area (Å²) >= 11 is 3.42. The number of carbonyl (C=O) groups excluding carboxylic acids is 1. The van der Waals surface area contributed by atoms with Crippen molar-refractivity contribution in [3.05, 3.63) is 93.7 Å². The van der Waals surface area contributed by atoms with Gasteiger partial charge in [0.2, 0.25) is 0 Å². The molecule has 37 heavy (non-hydrogen) atoms. The molecule has 0 saturated carbocycles. The number of aryl methyl sites for hydroxylation is 4. The molecule has 5 nitrogen and oxygen atoms in total. The number of carbonyl (C=O) groups is 1. The predicted molar refractivity (Wildman–Crippen MR) is 154 cm³/mol. The molecule has 1 N–H and O–H groups in total. The van der Waals surface area contributed by atoms with Crippen molar-refractivity contribution < 1.29 is 9.53 Å². The minimum Gasteiger partial charge on any atom is -0.493 e. The maximum Gasteiger partial charge on any atom is 0.251 e. The normalized spacial score (nSPS) is 11.1. The number of nitrogens with zero attached hydrogens (tertiary/aromatic N) is 2. The molecule has 0 spiro atoms. The van der Waals surface area contributed by atoms with E-state index in [4.69, 9.17) is 9.72 Å². The Bertz CT molecular complexity index is 1330. The highest BCUT2D eigenvalue weighted by molar-refractivity contribution is 9.10. The van der Waals surface area contributed by atoms with E-state index in [1.165, 1.54) is 16.6 Å². The number of para-hydroxylation sites is 2. The van der Waals surface area contributed by atoms with E-state index in [0.717, 1.165) is 73.2 Å². The van der Waals surface area contributed by atoms with E-state index >= 15 is 0 Å². The van der Waals surface area contributed by atoms with Crippen molar-refractivity contribution in [3.8, 4) is 5.75 Å². The zero-order valence-corrected chi connectivity index (χ0v) is 23.4. The fraction of sp³-hybridized carbons (Fsp3) is 0.355. The summed E-state index contributed by atoms with van der Waals surface area (Å²) in [5.74, 6) is 2.11. The van der Waals surface area contributed by atoms with Crippen molar-refractivity contribution >= 4 is 32.9 Å². The van der Waals surface area contributed by atoms with E-state index in [1.807, 2.05) is 24.3 Å². The number of ether oxygens (including phenoxy) is 1. The summed E-state index contributed by atoms with van der Waals surface area (Å²) in [6, 6.07) is 22.2. The monoisotopic (exact) mass is 561 g/mol. The molecule has 3 aromatic carbocycles. The highest BCUT2D eigenvalue weighted by atomic mass is 79.9. The zero-order valence-electron chi connectivity index (χ0n) is 21.8. The number of hydrogen-bond acceptors (Lipinski definition) is 3. The number of fused-ring (bicyclic) bond motifs is 1. The lowest BCUT2D eigenvalue weighted by Crippen LogP contribution is -2.24. The van der Waals surface area contributed by atoms with Gasteiger partial charge in [0.1, 0.15) is 11.6 Å². The Balaban J connectivity index is 1.23. The molecule has 1 aromatic heterocycles. The number of amides is 1. The molecule has 0 saturated heterocycles. The van der Waals surface area contributed by atoms with Crippen LogP contribution in [0.25, 0.3) is 11.0 Å². The van der Waals surface area contributed by atoms with Crippen LogP contribution in [-0.4, -0.2) is 28.6 Å². The van der Waals surface area contributed by atoms with Gasteiger partial charge >= 0.3 is 0 Å². The first-order chi connectivity index (χ1) is 18.0. The highest BCUT2D eigenvalue weighted by Crippen LogP contribution is 2.21. The van der Waals surface area contributed by atoms with Crippen molar-refractivity contribution in [3.63, 3.8) is 0 Å². The number of benzene rings is 3. The number of aromatic nitrogens is 2. The van der Waals surface area contributed by atoms with Crippen molar-refractivity contribution in [2.45, 2.75) is 58.9 Å². The first-order valence-corrected chi connectivity index (χ1v) is 14.0. The Hall–Kier alpha value is -3.12. The Morgan fingerprint density at radius 3 is 2.68 bits per heavy atom. The maximum absolute atomic E-state index is 12.3. The van der Waals surface area contributed by atoms with Crippen molar-refractivity contribution in [1.82, 2.24) is 14.9 Å². The maximum atomic E-state index is 12.3. The Kier molecular flexibility index (Phi) is 9.78. The topological polar surface area (TPSA) is 56.1 Å². The summed E-state index contributed by atoms with van der Waals surface area (Å²) in [6.45, 7) is 6.53. The van der Waals surface area contributed by atoms with Gasteiger partial charge in [-0.2, -0.15) is 0 Å². The molecule has 0 bridgehead atoms. The van der Waals surface area contributed by atoms with Crippen molar-refractivity contribution in [2.75, 3.05) is 13.2 Å². The Morgan fingerprint density at radius 1 is 0.946 bits per heavy atom. The smallest absolute Gasteiger partial charge is 0.251 e. The summed E-state index contributed by atoms with van der Waals surface area (Å²) in [4.78, 5) is 17.2. The predicted octanol–water partition coefficient (Wildman–Crippen LogP) is 7.42. The second kappa shape index (κ2) is 13.4. The lowest BCUT2D eigenvalue weighted by Gasteiger charge is -2.12. The SMILES string of the molecule is Cc1ccc(C)c(OCCCCn2c(CCCCCNC(=O)c3cccc(Br)c3)nc3ccccc32)c1. The molecule has 194 valence electrons. The average molecular weight is 563 g/mol. The number of imidazole rings is 1. The van der Waals surface area contributed by atoms with Gasteiger partial charge in [-0.05, 0) is 87.1 Å². The first kappa shape index (κ1) is 26.9. The molecule has 1 heterocycles. The Labute approximate surface area is 228 Å². The Morgan fingerprint density at radius 2 is 1.81 bits per heavy atom. The van der Waals surface area contributed by atoms with Gasteiger partial charge in [-0.3, -0.25) is 4.79 Å². The average Bonchev–Trinajstić information content (AvgIpc) is 3.25. The summed E-state index contributed by atoms with van der Waals surface area (Å²) in [5, 5.41) is 3.02. The van der Waals surface area contributed by atoms with Gasteiger partial charge in [0.15, 0.2) is 0 Å². The van der Waals surface area contributed by atoms with Crippen molar-refractivity contribution in [2.24, 2.45) is 0 Å². The van der Waals surface area contributed by atoms with E-state index in [2.05, 4.69) is 82.1 Å². The largest absolute Gasteiger partial charge is 0.493 e. The molecule has 4 aromatic rings. The zero-order chi connectivity index (χ0) is 26.0.